The maximum absolute atomic E-state index is 12.6. The van der Waals surface area contributed by atoms with Gasteiger partial charge in [-0.2, -0.15) is 13.2 Å². The third-order valence-corrected chi connectivity index (χ3v) is 4.83. The molecule has 0 aromatic carbocycles. The first-order valence-corrected chi connectivity index (χ1v) is 8.18. The van der Waals surface area contributed by atoms with Crippen molar-refractivity contribution in [3.63, 3.8) is 0 Å². The predicted octanol–water partition coefficient (Wildman–Crippen LogP) is 4.52. The number of pyridine rings is 1. The van der Waals surface area contributed by atoms with Crippen molar-refractivity contribution in [2.45, 2.75) is 32.5 Å². The minimum absolute atomic E-state index is 0.170. The maximum Gasteiger partial charge on any atom is 0.417 e. The van der Waals surface area contributed by atoms with Gasteiger partial charge < -0.3 is 9.84 Å². The van der Waals surface area contributed by atoms with Crippen LogP contribution < -0.4 is 4.74 Å². The van der Waals surface area contributed by atoms with Gasteiger partial charge in [0.25, 0.3) is 0 Å². The average Bonchev–Trinajstić information content (AvgIpc) is 2.97. The molecule has 0 amide bonds. The van der Waals surface area contributed by atoms with Gasteiger partial charge >= 0.3 is 6.18 Å². The summed E-state index contributed by atoms with van der Waals surface area (Å²) in [5.41, 5.74) is -1.40. The quantitative estimate of drug-likeness (QED) is 0.847. The molecule has 0 radical (unpaired) electrons. The molecule has 0 bridgehead atoms. The van der Waals surface area contributed by atoms with E-state index in [4.69, 9.17) is 16.3 Å². The minimum Gasteiger partial charge on any atom is -0.473 e. The minimum atomic E-state index is -4.54. The summed E-state index contributed by atoms with van der Waals surface area (Å²) in [4.78, 5) is 8.14. The van der Waals surface area contributed by atoms with E-state index in [0.717, 1.165) is 6.07 Å². The second-order valence-electron chi connectivity index (χ2n) is 6.27. The standard InChI is InChI=1S/C15H16ClF3N2O2S/c1-13(2,3)14(22,11-6-20-8-24-11)7-23-12-10(16)4-9(5-21-12)15(17,18)19/h4-6,8,22H,7H2,1-3H3. The molecule has 1 atom stereocenters. The summed E-state index contributed by atoms with van der Waals surface area (Å²) in [6.07, 6.45) is -2.37. The Bertz CT molecular complexity index is 702. The molecule has 0 spiro atoms. The van der Waals surface area contributed by atoms with E-state index < -0.39 is 22.8 Å². The monoisotopic (exact) mass is 380 g/mol. The van der Waals surface area contributed by atoms with E-state index in [9.17, 15) is 18.3 Å². The fourth-order valence-electron chi connectivity index (χ4n) is 1.94. The van der Waals surface area contributed by atoms with Crippen molar-refractivity contribution < 1.29 is 23.0 Å². The number of aromatic nitrogens is 2. The largest absolute Gasteiger partial charge is 0.473 e. The van der Waals surface area contributed by atoms with E-state index in [1.807, 2.05) is 20.8 Å². The first kappa shape index (κ1) is 19.0. The molecular formula is C15H16ClF3N2O2S. The number of aliphatic hydroxyl groups is 1. The van der Waals surface area contributed by atoms with Crippen LogP contribution in [0.4, 0.5) is 13.2 Å². The lowest BCUT2D eigenvalue weighted by molar-refractivity contribution is -0.137. The SMILES string of the molecule is CC(C)(C)C(O)(COc1ncc(C(F)(F)F)cc1Cl)c1cncs1. The van der Waals surface area contributed by atoms with Gasteiger partial charge in [0.15, 0.2) is 0 Å². The Morgan fingerprint density at radius 1 is 1.25 bits per heavy atom. The van der Waals surface area contributed by atoms with Crippen LogP contribution in [-0.2, 0) is 11.8 Å². The van der Waals surface area contributed by atoms with Crippen LogP contribution in [0.3, 0.4) is 0 Å². The first-order valence-electron chi connectivity index (χ1n) is 6.92. The zero-order valence-electron chi connectivity index (χ0n) is 13.2. The zero-order chi connectivity index (χ0) is 18.2. The van der Waals surface area contributed by atoms with Crippen molar-refractivity contribution in [2.24, 2.45) is 5.41 Å². The van der Waals surface area contributed by atoms with Gasteiger partial charge in [-0.3, -0.25) is 4.98 Å². The van der Waals surface area contributed by atoms with Gasteiger partial charge in [-0.25, -0.2) is 4.98 Å². The van der Waals surface area contributed by atoms with E-state index in [1.54, 1.807) is 5.51 Å². The highest BCUT2D eigenvalue weighted by Crippen LogP contribution is 2.42. The van der Waals surface area contributed by atoms with Gasteiger partial charge in [0.2, 0.25) is 5.88 Å². The molecule has 2 aromatic heterocycles. The summed E-state index contributed by atoms with van der Waals surface area (Å²) in [5.74, 6) is -0.170. The molecule has 2 aromatic rings. The third kappa shape index (κ3) is 3.81. The molecule has 2 heterocycles. The first-order chi connectivity index (χ1) is 10.9. The molecule has 0 aliphatic carbocycles. The topological polar surface area (TPSA) is 55.2 Å². The molecule has 0 saturated heterocycles. The molecule has 0 fully saturated rings. The van der Waals surface area contributed by atoms with Crippen LogP contribution in [0.5, 0.6) is 5.88 Å². The number of alkyl halides is 3. The molecule has 132 valence electrons. The predicted molar refractivity (Wildman–Crippen MR) is 85.2 cm³/mol. The molecule has 24 heavy (non-hydrogen) atoms. The number of ether oxygens (including phenoxy) is 1. The lowest BCUT2D eigenvalue weighted by Gasteiger charge is -2.38. The van der Waals surface area contributed by atoms with Crippen LogP contribution in [0.2, 0.25) is 5.02 Å². The van der Waals surface area contributed by atoms with E-state index in [1.165, 1.54) is 17.5 Å². The Hall–Kier alpha value is -1.38. The number of rotatable bonds is 4. The van der Waals surface area contributed by atoms with E-state index in [2.05, 4.69) is 9.97 Å². The molecule has 1 unspecified atom stereocenters. The van der Waals surface area contributed by atoms with Crippen LogP contribution in [0, 0.1) is 5.41 Å². The molecule has 0 aliphatic heterocycles. The van der Waals surface area contributed by atoms with Crippen molar-refractivity contribution in [1.82, 2.24) is 9.97 Å². The summed E-state index contributed by atoms with van der Waals surface area (Å²) >= 11 is 7.08. The van der Waals surface area contributed by atoms with Gasteiger partial charge in [0.05, 0.1) is 16.0 Å². The van der Waals surface area contributed by atoms with Crippen molar-refractivity contribution >= 4 is 22.9 Å². The van der Waals surface area contributed by atoms with E-state index in [0.29, 0.717) is 11.1 Å². The highest BCUT2D eigenvalue weighted by Gasteiger charge is 2.44. The molecule has 0 saturated carbocycles. The Labute approximate surface area is 146 Å². The van der Waals surface area contributed by atoms with Gasteiger partial charge in [-0.1, -0.05) is 32.4 Å². The second kappa shape index (κ2) is 6.50. The van der Waals surface area contributed by atoms with E-state index >= 15 is 0 Å². The Morgan fingerprint density at radius 2 is 1.92 bits per heavy atom. The highest BCUT2D eigenvalue weighted by molar-refractivity contribution is 7.09. The van der Waals surface area contributed by atoms with Crippen LogP contribution >= 0.6 is 22.9 Å². The van der Waals surface area contributed by atoms with Crippen molar-refractivity contribution in [2.75, 3.05) is 6.61 Å². The number of thiazole rings is 1. The summed E-state index contributed by atoms with van der Waals surface area (Å²) < 4.78 is 43.3. The van der Waals surface area contributed by atoms with Crippen LogP contribution in [0.1, 0.15) is 31.2 Å². The van der Waals surface area contributed by atoms with Crippen LogP contribution in [-0.4, -0.2) is 21.7 Å². The van der Waals surface area contributed by atoms with Gasteiger partial charge in [-0.05, 0) is 11.5 Å². The van der Waals surface area contributed by atoms with Gasteiger partial charge in [-0.15, -0.1) is 11.3 Å². The Kier molecular flexibility index (Phi) is 5.13. The molecule has 1 N–H and O–H groups in total. The molecule has 2 rings (SSSR count). The van der Waals surface area contributed by atoms with Crippen LogP contribution in [0.15, 0.2) is 24.0 Å². The zero-order valence-corrected chi connectivity index (χ0v) is 14.8. The van der Waals surface area contributed by atoms with Gasteiger partial charge in [0, 0.05) is 12.4 Å². The molecule has 9 heteroatoms. The Balaban J connectivity index is 2.25. The van der Waals surface area contributed by atoms with Crippen molar-refractivity contribution in [3.05, 3.63) is 39.4 Å². The summed E-state index contributed by atoms with van der Waals surface area (Å²) in [6.45, 7) is 5.23. The van der Waals surface area contributed by atoms with Crippen molar-refractivity contribution in [3.8, 4) is 5.88 Å². The summed E-state index contributed by atoms with van der Waals surface area (Å²) in [7, 11) is 0. The van der Waals surface area contributed by atoms with Crippen molar-refractivity contribution in [1.29, 1.82) is 0 Å². The molecular weight excluding hydrogens is 365 g/mol. The average molecular weight is 381 g/mol. The molecule has 0 aliphatic rings. The lowest BCUT2D eigenvalue weighted by atomic mass is 9.76. The fraction of sp³-hybridized carbons (Fsp3) is 0.467. The number of halogens is 4. The van der Waals surface area contributed by atoms with Crippen LogP contribution in [0.25, 0.3) is 0 Å². The third-order valence-electron chi connectivity index (χ3n) is 3.63. The number of hydrogen-bond acceptors (Lipinski definition) is 5. The van der Waals surface area contributed by atoms with E-state index in [-0.39, 0.29) is 17.5 Å². The summed E-state index contributed by atoms with van der Waals surface area (Å²) in [5, 5.41) is 10.8. The highest BCUT2D eigenvalue weighted by atomic mass is 35.5. The summed E-state index contributed by atoms with van der Waals surface area (Å²) in [6, 6.07) is 0.743. The lowest BCUT2D eigenvalue weighted by Crippen LogP contribution is -2.44. The second-order valence-corrected chi connectivity index (χ2v) is 7.57. The number of hydrogen-bond donors (Lipinski definition) is 1. The molecule has 4 nitrogen and oxygen atoms in total. The smallest absolute Gasteiger partial charge is 0.417 e. The fourth-order valence-corrected chi connectivity index (χ4v) is 3.07. The van der Waals surface area contributed by atoms with Gasteiger partial charge in [0.1, 0.15) is 17.2 Å². The Morgan fingerprint density at radius 3 is 2.38 bits per heavy atom. The maximum atomic E-state index is 12.6. The number of nitrogens with zero attached hydrogens (tertiary/aromatic N) is 2. The normalized spacial score (nSPS) is 15.2.